The Labute approximate surface area is 145 Å². The molecule has 132 valence electrons. The quantitative estimate of drug-likeness (QED) is 0.769. The lowest BCUT2D eigenvalue weighted by atomic mass is 10.0. The highest BCUT2D eigenvalue weighted by Gasteiger charge is 2.29. The average molecular weight is 331 g/mol. The van der Waals surface area contributed by atoms with Crippen LogP contribution in [0.2, 0.25) is 0 Å². The topological polar surface area (TPSA) is 45.7 Å². The summed E-state index contributed by atoms with van der Waals surface area (Å²) < 4.78 is 5.73. The van der Waals surface area contributed by atoms with Gasteiger partial charge in [0.05, 0.1) is 6.61 Å². The van der Waals surface area contributed by atoms with E-state index in [-0.39, 0.29) is 12.0 Å². The molecular weight excluding hydrogens is 302 g/mol. The molecule has 1 aromatic heterocycles. The van der Waals surface area contributed by atoms with Crippen molar-refractivity contribution < 1.29 is 9.53 Å². The summed E-state index contributed by atoms with van der Waals surface area (Å²) in [6.07, 6.45) is 7.95. The Hall–Kier alpha value is -1.46. The van der Waals surface area contributed by atoms with Crippen LogP contribution < -0.4 is 0 Å². The Kier molecular flexibility index (Phi) is 5.85. The van der Waals surface area contributed by atoms with E-state index in [9.17, 15) is 4.79 Å². The third-order valence-corrected chi connectivity index (χ3v) is 5.23. The van der Waals surface area contributed by atoms with Crippen molar-refractivity contribution in [2.45, 2.75) is 51.3 Å². The van der Waals surface area contributed by atoms with Crippen molar-refractivity contribution in [3.05, 3.63) is 30.1 Å². The Bertz CT molecular complexity index is 525. The summed E-state index contributed by atoms with van der Waals surface area (Å²) in [5, 5.41) is 0. The molecule has 5 nitrogen and oxygen atoms in total. The normalized spacial score (nSPS) is 20.8. The summed E-state index contributed by atoms with van der Waals surface area (Å²) in [6, 6.07) is 4.47. The highest BCUT2D eigenvalue weighted by molar-refractivity contribution is 5.80. The molecule has 0 radical (unpaired) electrons. The number of likely N-dealkylation sites (tertiary alicyclic amines) is 1. The second-order valence-corrected chi connectivity index (χ2v) is 7.23. The minimum Gasteiger partial charge on any atom is -0.368 e. The molecule has 1 aliphatic carbocycles. The van der Waals surface area contributed by atoms with Gasteiger partial charge in [-0.15, -0.1) is 0 Å². The van der Waals surface area contributed by atoms with Crippen LogP contribution in [0.3, 0.4) is 0 Å². The van der Waals surface area contributed by atoms with Crippen LogP contribution in [0.4, 0.5) is 0 Å². The smallest absolute Gasteiger partial charge is 0.251 e. The number of hydrogen-bond acceptors (Lipinski definition) is 4. The third-order valence-electron chi connectivity index (χ3n) is 5.23. The third kappa shape index (κ3) is 4.77. The summed E-state index contributed by atoms with van der Waals surface area (Å²) in [7, 11) is 1.93. The summed E-state index contributed by atoms with van der Waals surface area (Å²) in [5.41, 5.74) is 1.30. The van der Waals surface area contributed by atoms with E-state index >= 15 is 0 Å². The highest BCUT2D eigenvalue weighted by atomic mass is 16.5. The predicted molar refractivity (Wildman–Crippen MR) is 93.4 cm³/mol. The Morgan fingerprint density at radius 2 is 1.96 bits per heavy atom. The number of pyridine rings is 1. The summed E-state index contributed by atoms with van der Waals surface area (Å²) in [5.74, 6) is 0.824. The molecule has 5 heteroatoms. The molecule has 1 aliphatic heterocycles. The lowest BCUT2D eigenvalue weighted by Crippen LogP contribution is -2.48. The number of amides is 1. The van der Waals surface area contributed by atoms with Gasteiger partial charge in [-0.2, -0.15) is 0 Å². The molecule has 2 fully saturated rings. The number of likely N-dealkylation sites (N-methyl/N-ethyl adjacent to an activating group) is 1. The van der Waals surface area contributed by atoms with Gasteiger partial charge in [0.25, 0.3) is 5.91 Å². The van der Waals surface area contributed by atoms with E-state index in [0.29, 0.717) is 12.0 Å². The predicted octanol–water partition coefficient (Wildman–Crippen LogP) is 2.32. The van der Waals surface area contributed by atoms with Crippen molar-refractivity contribution in [3.8, 4) is 0 Å². The molecule has 2 aliphatic rings. The zero-order valence-electron chi connectivity index (χ0n) is 14.9. The molecule has 1 saturated carbocycles. The van der Waals surface area contributed by atoms with E-state index in [1.54, 1.807) is 0 Å². The molecular formula is C19H29N3O2. The van der Waals surface area contributed by atoms with E-state index < -0.39 is 0 Å². The molecule has 1 saturated heterocycles. The van der Waals surface area contributed by atoms with E-state index in [4.69, 9.17) is 4.74 Å². The van der Waals surface area contributed by atoms with Crippen molar-refractivity contribution in [3.63, 3.8) is 0 Å². The molecule has 0 bridgehead atoms. The maximum Gasteiger partial charge on any atom is 0.251 e. The van der Waals surface area contributed by atoms with Gasteiger partial charge in [0, 0.05) is 45.1 Å². The fourth-order valence-corrected chi connectivity index (χ4v) is 3.31. The molecule has 3 rings (SSSR count). The molecule has 24 heavy (non-hydrogen) atoms. The first kappa shape index (κ1) is 17.4. The van der Waals surface area contributed by atoms with Crippen LogP contribution in [-0.4, -0.2) is 59.6 Å². The lowest BCUT2D eigenvalue weighted by Gasteiger charge is -2.37. The minimum absolute atomic E-state index is 0.128. The monoisotopic (exact) mass is 331 g/mol. The van der Waals surface area contributed by atoms with Crippen molar-refractivity contribution in [2.75, 3.05) is 26.7 Å². The Morgan fingerprint density at radius 1 is 1.29 bits per heavy atom. The van der Waals surface area contributed by atoms with E-state index in [0.717, 1.165) is 39.1 Å². The van der Waals surface area contributed by atoms with E-state index in [1.807, 2.05) is 31.3 Å². The van der Waals surface area contributed by atoms with Gasteiger partial charge < -0.3 is 9.64 Å². The van der Waals surface area contributed by atoms with Crippen LogP contribution >= 0.6 is 0 Å². The Balaban J connectivity index is 1.42. The average Bonchev–Trinajstić information content (AvgIpc) is 3.44. The maximum atomic E-state index is 12.5. The van der Waals surface area contributed by atoms with Gasteiger partial charge >= 0.3 is 0 Å². The standard InChI is InChI=1S/C19H29N3O2/c1-15(24-14-17-3-4-17)19(23)21(2)18-7-11-22(12-8-18)13-16-5-9-20-10-6-16/h5-6,9-10,15,17-18H,3-4,7-8,11-14H2,1-2H3/t15-/m0/s1. The van der Waals surface area contributed by atoms with Crippen LogP contribution in [-0.2, 0) is 16.1 Å². The van der Waals surface area contributed by atoms with Crippen LogP contribution in [0.15, 0.2) is 24.5 Å². The molecule has 1 amide bonds. The number of nitrogens with zero attached hydrogens (tertiary/aromatic N) is 3. The molecule has 0 spiro atoms. The van der Waals surface area contributed by atoms with Gasteiger partial charge in [-0.3, -0.25) is 14.7 Å². The number of carbonyl (C=O) groups excluding carboxylic acids is 1. The SMILES string of the molecule is C[C@H](OCC1CC1)C(=O)N(C)C1CCN(Cc2ccncc2)CC1. The number of rotatable bonds is 7. The largest absolute Gasteiger partial charge is 0.368 e. The van der Waals surface area contributed by atoms with E-state index in [2.05, 4.69) is 22.0 Å². The first-order valence-electron chi connectivity index (χ1n) is 9.13. The van der Waals surface area contributed by atoms with Crippen LogP contribution in [0.25, 0.3) is 0 Å². The number of piperidine rings is 1. The Morgan fingerprint density at radius 3 is 2.58 bits per heavy atom. The summed E-state index contributed by atoms with van der Waals surface area (Å²) in [6.45, 7) is 5.66. The fourth-order valence-electron chi connectivity index (χ4n) is 3.31. The molecule has 0 aromatic carbocycles. The van der Waals surface area contributed by atoms with Gasteiger partial charge in [-0.05, 0) is 56.2 Å². The number of carbonyl (C=O) groups is 1. The molecule has 1 aromatic rings. The number of ether oxygens (including phenoxy) is 1. The van der Waals surface area contributed by atoms with Crippen LogP contribution in [0, 0.1) is 5.92 Å². The fraction of sp³-hybridized carbons (Fsp3) is 0.684. The molecule has 1 atom stereocenters. The van der Waals surface area contributed by atoms with Crippen LogP contribution in [0.1, 0.15) is 38.2 Å². The zero-order chi connectivity index (χ0) is 16.9. The van der Waals surface area contributed by atoms with Gasteiger partial charge in [0.2, 0.25) is 0 Å². The molecule has 0 N–H and O–H groups in total. The lowest BCUT2D eigenvalue weighted by molar-refractivity contribution is -0.144. The second kappa shape index (κ2) is 8.08. The highest BCUT2D eigenvalue weighted by Crippen LogP contribution is 2.29. The van der Waals surface area contributed by atoms with Gasteiger partial charge in [-0.25, -0.2) is 0 Å². The second-order valence-electron chi connectivity index (χ2n) is 7.23. The van der Waals surface area contributed by atoms with Crippen molar-refractivity contribution in [2.24, 2.45) is 5.92 Å². The summed E-state index contributed by atoms with van der Waals surface area (Å²) >= 11 is 0. The van der Waals surface area contributed by atoms with Gasteiger partial charge in [0.1, 0.15) is 6.10 Å². The van der Waals surface area contributed by atoms with Crippen molar-refractivity contribution in [1.29, 1.82) is 0 Å². The van der Waals surface area contributed by atoms with Gasteiger partial charge in [-0.1, -0.05) is 0 Å². The maximum absolute atomic E-state index is 12.5. The van der Waals surface area contributed by atoms with Crippen molar-refractivity contribution >= 4 is 5.91 Å². The summed E-state index contributed by atoms with van der Waals surface area (Å²) in [4.78, 5) is 21.0. The molecule has 0 unspecified atom stereocenters. The van der Waals surface area contributed by atoms with Crippen molar-refractivity contribution in [1.82, 2.24) is 14.8 Å². The van der Waals surface area contributed by atoms with Crippen LogP contribution in [0.5, 0.6) is 0 Å². The molecule has 2 heterocycles. The zero-order valence-corrected chi connectivity index (χ0v) is 14.9. The number of aromatic nitrogens is 1. The van der Waals surface area contributed by atoms with Gasteiger partial charge in [0.15, 0.2) is 0 Å². The first-order chi connectivity index (χ1) is 11.6. The number of hydrogen-bond donors (Lipinski definition) is 0. The minimum atomic E-state index is -0.314. The van der Waals surface area contributed by atoms with E-state index in [1.165, 1.54) is 18.4 Å². The first-order valence-corrected chi connectivity index (χ1v) is 9.13.